The molecular formula is C18H14F2N2O2. The summed E-state index contributed by atoms with van der Waals surface area (Å²) in [6.45, 7) is 0.668. The quantitative estimate of drug-likeness (QED) is 0.921. The summed E-state index contributed by atoms with van der Waals surface area (Å²) in [5, 5.41) is 2.73. The maximum Gasteiger partial charge on any atom is 0.255 e. The SMILES string of the molecule is O=C(Nc1cc2c3c(c1)CCN3C(=O)CC2)c1ccc(F)c(F)c1. The van der Waals surface area contributed by atoms with Gasteiger partial charge in [-0.05, 0) is 54.3 Å². The number of amides is 2. The Morgan fingerprint density at radius 3 is 2.50 bits per heavy atom. The molecule has 0 atom stereocenters. The van der Waals surface area contributed by atoms with Crippen molar-refractivity contribution in [1.29, 1.82) is 0 Å². The van der Waals surface area contributed by atoms with Gasteiger partial charge in [-0.1, -0.05) is 0 Å². The van der Waals surface area contributed by atoms with E-state index in [1.807, 2.05) is 12.1 Å². The highest BCUT2D eigenvalue weighted by atomic mass is 19.2. The van der Waals surface area contributed by atoms with Crippen LogP contribution in [-0.4, -0.2) is 18.4 Å². The Hall–Kier alpha value is -2.76. The highest BCUT2D eigenvalue weighted by Gasteiger charge is 2.31. The average Bonchev–Trinajstić information content (AvgIpc) is 2.99. The number of carbonyl (C=O) groups is 2. The van der Waals surface area contributed by atoms with Crippen molar-refractivity contribution in [2.45, 2.75) is 19.3 Å². The maximum atomic E-state index is 13.3. The van der Waals surface area contributed by atoms with Gasteiger partial charge >= 0.3 is 0 Å². The fourth-order valence-electron chi connectivity index (χ4n) is 3.37. The van der Waals surface area contributed by atoms with Gasteiger partial charge in [0.05, 0.1) is 5.69 Å². The van der Waals surface area contributed by atoms with Crippen molar-refractivity contribution in [2.24, 2.45) is 0 Å². The van der Waals surface area contributed by atoms with Crippen LogP contribution in [0.1, 0.15) is 27.9 Å². The average molecular weight is 328 g/mol. The first kappa shape index (κ1) is 14.8. The summed E-state index contributed by atoms with van der Waals surface area (Å²) in [5.74, 6) is -2.40. The molecule has 0 bridgehead atoms. The van der Waals surface area contributed by atoms with Crippen molar-refractivity contribution in [2.75, 3.05) is 16.8 Å². The Kier molecular flexibility index (Phi) is 3.33. The molecule has 2 amide bonds. The lowest BCUT2D eigenvalue weighted by molar-refractivity contribution is -0.118. The van der Waals surface area contributed by atoms with Crippen molar-refractivity contribution in [1.82, 2.24) is 0 Å². The van der Waals surface area contributed by atoms with Crippen LogP contribution in [0, 0.1) is 11.6 Å². The summed E-state index contributed by atoms with van der Waals surface area (Å²) in [5.41, 5.74) is 3.69. The van der Waals surface area contributed by atoms with Gasteiger partial charge in [-0.2, -0.15) is 0 Å². The summed E-state index contributed by atoms with van der Waals surface area (Å²) in [6.07, 6.45) is 1.86. The second kappa shape index (κ2) is 5.40. The zero-order valence-corrected chi connectivity index (χ0v) is 12.7. The van der Waals surface area contributed by atoms with E-state index in [1.165, 1.54) is 6.07 Å². The van der Waals surface area contributed by atoms with E-state index in [0.29, 0.717) is 25.1 Å². The van der Waals surface area contributed by atoms with Gasteiger partial charge in [0.1, 0.15) is 0 Å². The van der Waals surface area contributed by atoms with E-state index < -0.39 is 17.5 Å². The fourth-order valence-corrected chi connectivity index (χ4v) is 3.37. The molecule has 4 rings (SSSR count). The molecule has 2 aromatic carbocycles. The topological polar surface area (TPSA) is 49.4 Å². The second-order valence-corrected chi connectivity index (χ2v) is 6.02. The molecule has 0 saturated carbocycles. The lowest BCUT2D eigenvalue weighted by Crippen LogP contribution is -2.32. The van der Waals surface area contributed by atoms with E-state index in [9.17, 15) is 18.4 Å². The van der Waals surface area contributed by atoms with Crippen molar-refractivity contribution < 1.29 is 18.4 Å². The lowest BCUT2D eigenvalue weighted by atomic mass is 9.98. The van der Waals surface area contributed by atoms with E-state index in [1.54, 1.807) is 4.90 Å². The number of nitrogens with one attached hydrogen (secondary N) is 1. The number of anilines is 2. The largest absolute Gasteiger partial charge is 0.322 e. The molecule has 0 aliphatic carbocycles. The Morgan fingerprint density at radius 1 is 1.00 bits per heavy atom. The van der Waals surface area contributed by atoms with Gasteiger partial charge in [-0.3, -0.25) is 9.59 Å². The Labute approximate surface area is 137 Å². The minimum Gasteiger partial charge on any atom is -0.322 e. The molecule has 0 fully saturated rings. The van der Waals surface area contributed by atoms with Crippen LogP contribution in [-0.2, 0) is 17.6 Å². The molecule has 2 aliphatic rings. The lowest BCUT2D eigenvalue weighted by Gasteiger charge is -2.25. The summed E-state index contributed by atoms with van der Waals surface area (Å²) in [7, 11) is 0. The highest BCUT2D eigenvalue weighted by molar-refractivity contribution is 6.05. The van der Waals surface area contributed by atoms with Crippen LogP contribution in [0.5, 0.6) is 0 Å². The molecular weight excluding hydrogens is 314 g/mol. The van der Waals surface area contributed by atoms with Gasteiger partial charge in [0.15, 0.2) is 11.6 Å². The Morgan fingerprint density at radius 2 is 1.75 bits per heavy atom. The third kappa shape index (κ3) is 2.35. The zero-order valence-electron chi connectivity index (χ0n) is 12.7. The molecule has 0 unspecified atom stereocenters. The van der Waals surface area contributed by atoms with Crippen molar-refractivity contribution in [3.05, 3.63) is 58.7 Å². The molecule has 0 radical (unpaired) electrons. The van der Waals surface area contributed by atoms with Crippen LogP contribution in [0.2, 0.25) is 0 Å². The first-order chi connectivity index (χ1) is 11.5. The van der Waals surface area contributed by atoms with Crippen molar-refractivity contribution in [3.8, 4) is 0 Å². The molecule has 24 heavy (non-hydrogen) atoms. The molecule has 2 aromatic rings. The van der Waals surface area contributed by atoms with Gasteiger partial charge in [-0.25, -0.2) is 8.78 Å². The molecule has 4 nitrogen and oxygen atoms in total. The first-order valence-corrected chi connectivity index (χ1v) is 7.75. The smallest absolute Gasteiger partial charge is 0.255 e. The molecule has 1 N–H and O–H groups in total. The number of benzene rings is 2. The Bertz CT molecular complexity index is 880. The van der Waals surface area contributed by atoms with Gasteiger partial charge in [0.25, 0.3) is 5.91 Å². The molecule has 2 heterocycles. The highest BCUT2D eigenvalue weighted by Crippen LogP contribution is 2.38. The summed E-state index contributed by atoms with van der Waals surface area (Å²) in [6, 6.07) is 6.74. The maximum absolute atomic E-state index is 13.3. The van der Waals surface area contributed by atoms with E-state index in [0.717, 1.165) is 35.4 Å². The normalized spacial score (nSPS) is 15.4. The van der Waals surface area contributed by atoms with Gasteiger partial charge in [-0.15, -0.1) is 0 Å². The van der Waals surface area contributed by atoms with E-state index in [4.69, 9.17) is 0 Å². The minimum atomic E-state index is -1.05. The zero-order chi connectivity index (χ0) is 16.8. The number of halogens is 2. The van der Waals surface area contributed by atoms with Crippen LogP contribution in [0.15, 0.2) is 30.3 Å². The fraction of sp³-hybridized carbons (Fsp3) is 0.222. The van der Waals surface area contributed by atoms with Gasteiger partial charge in [0, 0.05) is 24.2 Å². The van der Waals surface area contributed by atoms with Crippen LogP contribution >= 0.6 is 0 Å². The van der Waals surface area contributed by atoms with Gasteiger partial charge in [0.2, 0.25) is 5.91 Å². The number of aryl methyl sites for hydroxylation is 1. The second-order valence-electron chi connectivity index (χ2n) is 6.02. The van der Waals surface area contributed by atoms with E-state index >= 15 is 0 Å². The summed E-state index contributed by atoms with van der Waals surface area (Å²) in [4.78, 5) is 26.0. The predicted octanol–water partition coefficient (Wildman–Crippen LogP) is 3.05. The predicted molar refractivity (Wildman–Crippen MR) is 85.1 cm³/mol. The summed E-state index contributed by atoms with van der Waals surface area (Å²) < 4.78 is 26.2. The number of hydrogen-bond acceptors (Lipinski definition) is 2. The van der Waals surface area contributed by atoms with Crippen LogP contribution < -0.4 is 10.2 Å². The number of rotatable bonds is 2. The number of nitrogens with zero attached hydrogens (tertiary/aromatic N) is 1. The molecule has 122 valence electrons. The van der Waals surface area contributed by atoms with Crippen LogP contribution in [0.4, 0.5) is 20.2 Å². The minimum absolute atomic E-state index is 0.0554. The monoisotopic (exact) mass is 328 g/mol. The third-order valence-corrected chi connectivity index (χ3v) is 4.49. The van der Waals surface area contributed by atoms with Crippen molar-refractivity contribution >= 4 is 23.2 Å². The van der Waals surface area contributed by atoms with E-state index in [-0.39, 0.29) is 11.5 Å². The molecule has 2 aliphatic heterocycles. The van der Waals surface area contributed by atoms with E-state index in [2.05, 4.69) is 5.32 Å². The molecule has 6 heteroatoms. The Balaban J connectivity index is 1.63. The summed E-state index contributed by atoms with van der Waals surface area (Å²) >= 11 is 0. The molecule has 0 aromatic heterocycles. The van der Waals surface area contributed by atoms with Crippen molar-refractivity contribution in [3.63, 3.8) is 0 Å². The first-order valence-electron chi connectivity index (χ1n) is 7.75. The van der Waals surface area contributed by atoms with Crippen LogP contribution in [0.25, 0.3) is 0 Å². The molecule has 0 spiro atoms. The van der Waals surface area contributed by atoms with Crippen LogP contribution in [0.3, 0.4) is 0 Å². The molecule has 0 saturated heterocycles. The number of carbonyl (C=O) groups excluding carboxylic acids is 2. The standard InChI is InChI=1S/C18H14F2N2O2/c19-14-3-1-12(9-15(14)20)18(24)21-13-7-10-2-4-16(23)22-6-5-11(8-13)17(10)22/h1,3,7-9H,2,4-6H2,(H,21,24). The number of hydrogen-bond donors (Lipinski definition) is 1. The third-order valence-electron chi connectivity index (χ3n) is 4.49. The van der Waals surface area contributed by atoms with Gasteiger partial charge < -0.3 is 10.2 Å².